The second kappa shape index (κ2) is 6.57. The highest BCUT2D eigenvalue weighted by atomic mass is 15.3. The van der Waals surface area contributed by atoms with E-state index < -0.39 is 0 Å². The van der Waals surface area contributed by atoms with E-state index in [1.807, 2.05) is 0 Å². The molecule has 1 aliphatic heterocycles. The SMILES string of the molecule is CCC(c1ccccc1)N1CCN(C(N)=NC)CC1. The average Bonchev–Trinajstić information content (AvgIpc) is 2.49. The third-order valence-corrected chi connectivity index (χ3v) is 3.88. The Bertz CT molecular complexity index is 407. The molecule has 0 aromatic heterocycles. The number of piperazine rings is 1. The van der Waals surface area contributed by atoms with Crippen LogP contribution in [-0.4, -0.2) is 49.0 Å². The summed E-state index contributed by atoms with van der Waals surface area (Å²) in [6.45, 7) is 6.28. The Morgan fingerprint density at radius 1 is 1.21 bits per heavy atom. The van der Waals surface area contributed by atoms with Crippen LogP contribution in [0.25, 0.3) is 0 Å². The summed E-state index contributed by atoms with van der Waals surface area (Å²) < 4.78 is 0. The minimum Gasteiger partial charge on any atom is -0.370 e. The van der Waals surface area contributed by atoms with Crippen molar-refractivity contribution in [3.63, 3.8) is 0 Å². The molecule has 0 bridgehead atoms. The summed E-state index contributed by atoms with van der Waals surface area (Å²) in [5.74, 6) is 0.660. The summed E-state index contributed by atoms with van der Waals surface area (Å²) in [4.78, 5) is 8.77. The summed E-state index contributed by atoms with van der Waals surface area (Å²) >= 11 is 0. The number of hydrogen-bond acceptors (Lipinski definition) is 2. The van der Waals surface area contributed by atoms with Gasteiger partial charge in [0.2, 0.25) is 0 Å². The number of aliphatic imine (C=N–C) groups is 1. The lowest BCUT2D eigenvalue weighted by atomic mass is 10.0. The zero-order valence-electron chi connectivity index (χ0n) is 11.9. The van der Waals surface area contributed by atoms with Crippen molar-refractivity contribution in [2.24, 2.45) is 10.7 Å². The van der Waals surface area contributed by atoms with Gasteiger partial charge in [-0.2, -0.15) is 0 Å². The Kier molecular flexibility index (Phi) is 4.80. The smallest absolute Gasteiger partial charge is 0.191 e. The fraction of sp³-hybridized carbons (Fsp3) is 0.533. The Morgan fingerprint density at radius 2 is 1.84 bits per heavy atom. The minimum absolute atomic E-state index is 0.517. The topological polar surface area (TPSA) is 44.9 Å². The molecule has 1 aromatic carbocycles. The van der Waals surface area contributed by atoms with Gasteiger partial charge in [-0.05, 0) is 12.0 Å². The highest BCUT2D eigenvalue weighted by Gasteiger charge is 2.24. The molecular formula is C15H24N4. The molecular weight excluding hydrogens is 236 g/mol. The Labute approximate surface area is 115 Å². The largest absolute Gasteiger partial charge is 0.370 e. The molecule has 1 saturated heterocycles. The van der Waals surface area contributed by atoms with E-state index in [1.165, 1.54) is 5.56 Å². The van der Waals surface area contributed by atoms with Gasteiger partial charge in [-0.25, -0.2) is 0 Å². The van der Waals surface area contributed by atoms with Gasteiger partial charge < -0.3 is 10.6 Å². The Balaban J connectivity index is 2.00. The van der Waals surface area contributed by atoms with Gasteiger partial charge in [0, 0.05) is 39.3 Å². The van der Waals surface area contributed by atoms with Crippen LogP contribution >= 0.6 is 0 Å². The molecule has 2 rings (SSSR count). The van der Waals surface area contributed by atoms with E-state index >= 15 is 0 Å². The van der Waals surface area contributed by atoms with Crippen molar-refractivity contribution in [1.29, 1.82) is 0 Å². The van der Waals surface area contributed by atoms with Gasteiger partial charge in [0.1, 0.15) is 0 Å². The maximum Gasteiger partial charge on any atom is 0.191 e. The van der Waals surface area contributed by atoms with E-state index in [0.29, 0.717) is 12.0 Å². The molecule has 1 aromatic rings. The molecule has 1 aliphatic rings. The van der Waals surface area contributed by atoms with E-state index in [4.69, 9.17) is 5.73 Å². The summed E-state index contributed by atoms with van der Waals surface area (Å²) in [6.07, 6.45) is 1.14. The fourth-order valence-corrected chi connectivity index (χ4v) is 2.78. The molecule has 2 N–H and O–H groups in total. The van der Waals surface area contributed by atoms with Gasteiger partial charge in [-0.15, -0.1) is 0 Å². The lowest BCUT2D eigenvalue weighted by molar-refractivity contribution is 0.128. The van der Waals surface area contributed by atoms with Crippen LogP contribution in [0.1, 0.15) is 24.9 Å². The predicted octanol–water partition coefficient (Wildman–Crippen LogP) is 1.70. The molecule has 1 unspecified atom stereocenters. The molecule has 0 aliphatic carbocycles. The minimum atomic E-state index is 0.517. The number of hydrogen-bond donors (Lipinski definition) is 1. The molecule has 19 heavy (non-hydrogen) atoms. The fourth-order valence-electron chi connectivity index (χ4n) is 2.78. The second-order valence-corrected chi connectivity index (χ2v) is 4.94. The van der Waals surface area contributed by atoms with Gasteiger partial charge in [-0.1, -0.05) is 37.3 Å². The number of guanidine groups is 1. The maximum atomic E-state index is 5.87. The van der Waals surface area contributed by atoms with Crippen LogP contribution in [0.3, 0.4) is 0 Å². The highest BCUT2D eigenvalue weighted by molar-refractivity contribution is 5.78. The van der Waals surface area contributed by atoms with Crippen molar-refractivity contribution in [2.75, 3.05) is 33.2 Å². The standard InChI is InChI=1S/C15H24N4/c1-3-14(13-7-5-4-6-8-13)18-9-11-19(12-10-18)15(16)17-2/h4-8,14H,3,9-12H2,1-2H3,(H2,16,17). The van der Waals surface area contributed by atoms with E-state index in [0.717, 1.165) is 32.6 Å². The third-order valence-electron chi connectivity index (χ3n) is 3.88. The number of nitrogens with zero attached hydrogens (tertiary/aromatic N) is 3. The highest BCUT2D eigenvalue weighted by Crippen LogP contribution is 2.24. The van der Waals surface area contributed by atoms with Gasteiger partial charge in [0.05, 0.1) is 0 Å². The van der Waals surface area contributed by atoms with Crippen LogP contribution in [0.15, 0.2) is 35.3 Å². The van der Waals surface area contributed by atoms with Crippen molar-refractivity contribution < 1.29 is 0 Å². The normalized spacial score (nSPS) is 19.5. The lowest BCUT2D eigenvalue weighted by Crippen LogP contribution is -2.51. The third kappa shape index (κ3) is 3.26. The Hall–Kier alpha value is -1.55. The molecule has 0 saturated carbocycles. The van der Waals surface area contributed by atoms with Crippen LogP contribution in [0.4, 0.5) is 0 Å². The maximum absolute atomic E-state index is 5.87. The van der Waals surface area contributed by atoms with Crippen molar-refractivity contribution in [1.82, 2.24) is 9.80 Å². The molecule has 4 nitrogen and oxygen atoms in total. The first-order valence-electron chi connectivity index (χ1n) is 7.02. The molecule has 0 amide bonds. The van der Waals surface area contributed by atoms with Crippen molar-refractivity contribution >= 4 is 5.96 Å². The first kappa shape index (κ1) is 13.9. The van der Waals surface area contributed by atoms with Crippen molar-refractivity contribution in [3.8, 4) is 0 Å². The lowest BCUT2D eigenvalue weighted by Gasteiger charge is -2.39. The first-order chi connectivity index (χ1) is 9.26. The number of nitrogens with two attached hydrogens (primary N) is 1. The second-order valence-electron chi connectivity index (χ2n) is 4.94. The van der Waals surface area contributed by atoms with Crippen LogP contribution in [-0.2, 0) is 0 Å². The van der Waals surface area contributed by atoms with Crippen molar-refractivity contribution in [3.05, 3.63) is 35.9 Å². The summed E-state index contributed by atoms with van der Waals surface area (Å²) in [7, 11) is 1.75. The predicted molar refractivity (Wildman–Crippen MR) is 80.2 cm³/mol. The molecule has 1 fully saturated rings. The summed E-state index contributed by atoms with van der Waals surface area (Å²) in [5.41, 5.74) is 7.28. The quantitative estimate of drug-likeness (QED) is 0.664. The molecule has 4 heteroatoms. The summed E-state index contributed by atoms with van der Waals surface area (Å²) in [5, 5.41) is 0. The molecule has 1 heterocycles. The average molecular weight is 260 g/mol. The zero-order chi connectivity index (χ0) is 13.7. The Morgan fingerprint density at radius 3 is 2.37 bits per heavy atom. The van der Waals surface area contributed by atoms with E-state index in [2.05, 4.69) is 52.0 Å². The molecule has 104 valence electrons. The monoisotopic (exact) mass is 260 g/mol. The van der Waals surface area contributed by atoms with Crippen LogP contribution in [0.2, 0.25) is 0 Å². The molecule has 1 atom stereocenters. The van der Waals surface area contributed by atoms with Crippen molar-refractivity contribution in [2.45, 2.75) is 19.4 Å². The zero-order valence-corrected chi connectivity index (χ0v) is 11.9. The van der Waals surface area contributed by atoms with Crippen LogP contribution in [0.5, 0.6) is 0 Å². The van der Waals surface area contributed by atoms with E-state index in [-0.39, 0.29) is 0 Å². The van der Waals surface area contributed by atoms with Crippen LogP contribution < -0.4 is 5.73 Å². The van der Waals surface area contributed by atoms with Gasteiger partial charge >= 0.3 is 0 Å². The van der Waals surface area contributed by atoms with Crippen LogP contribution in [0, 0.1) is 0 Å². The van der Waals surface area contributed by atoms with Gasteiger partial charge in [-0.3, -0.25) is 9.89 Å². The van der Waals surface area contributed by atoms with Gasteiger partial charge in [0.15, 0.2) is 5.96 Å². The molecule has 0 radical (unpaired) electrons. The van der Waals surface area contributed by atoms with E-state index in [9.17, 15) is 0 Å². The van der Waals surface area contributed by atoms with E-state index in [1.54, 1.807) is 7.05 Å². The number of benzene rings is 1. The number of rotatable bonds is 3. The summed E-state index contributed by atoms with van der Waals surface area (Å²) in [6, 6.07) is 11.3. The van der Waals surface area contributed by atoms with Gasteiger partial charge in [0.25, 0.3) is 0 Å². The molecule has 0 spiro atoms. The first-order valence-corrected chi connectivity index (χ1v) is 7.02.